The zero-order chi connectivity index (χ0) is 17.5. The number of alkyl halides is 3. The molecule has 4 nitrogen and oxygen atoms in total. The third kappa shape index (κ3) is 6.99. The monoisotopic (exact) mass is 329 g/mol. The number of rotatable bonds is 8. The Morgan fingerprint density at radius 2 is 1.87 bits per heavy atom. The van der Waals surface area contributed by atoms with Crippen LogP contribution in [0.1, 0.15) is 30.4 Å². The van der Waals surface area contributed by atoms with Crippen molar-refractivity contribution in [2.75, 3.05) is 0 Å². The highest BCUT2D eigenvalue weighted by Gasteiger charge is 2.30. The summed E-state index contributed by atoms with van der Waals surface area (Å²) in [5.74, 6) is -1.41. The molecule has 0 saturated carbocycles. The minimum absolute atomic E-state index is 0.143. The van der Waals surface area contributed by atoms with Crippen LogP contribution in [0.4, 0.5) is 13.2 Å². The second kappa shape index (κ2) is 8.36. The van der Waals surface area contributed by atoms with Gasteiger partial charge in [0.25, 0.3) is 0 Å². The molecule has 0 aliphatic heterocycles. The highest BCUT2D eigenvalue weighted by Crippen LogP contribution is 2.29. The molecule has 0 spiro atoms. The fraction of sp³-hybridized carbons (Fsp3) is 0.375. The zero-order valence-corrected chi connectivity index (χ0v) is 12.4. The summed E-state index contributed by atoms with van der Waals surface area (Å²) in [6.07, 6.45) is -2.36. The van der Waals surface area contributed by atoms with Crippen molar-refractivity contribution in [1.29, 1.82) is 0 Å². The molecule has 0 fully saturated rings. The average molecular weight is 329 g/mol. The number of carboxylic acids is 1. The summed E-state index contributed by atoms with van der Waals surface area (Å²) >= 11 is 0. The molecule has 0 unspecified atom stereocenters. The molecule has 1 rings (SSSR count). The predicted molar refractivity (Wildman–Crippen MR) is 78.8 cm³/mol. The molecule has 126 valence electrons. The first-order valence-corrected chi connectivity index (χ1v) is 7.00. The summed E-state index contributed by atoms with van der Waals surface area (Å²) < 4.78 is 37.5. The number of carboxylic acid groups (broad SMARTS) is 1. The summed E-state index contributed by atoms with van der Waals surface area (Å²) in [4.78, 5) is 22.5. The van der Waals surface area contributed by atoms with Gasteiger partial charge in [-0.2, -0.15) is 13.2 Å². The highest BCUT2D eigenvalue weighted by atomic mass is 19.4. The van der Waals surface area contributed by atoms with Crippen LogP contribution in [0.5, 0.6) is 0 Å². The lowest BCUT2D eigenvalue weighted by molar-refractivity contribution is -0.138. The van der Waals surface area contributed by atoms with Gasteiger partial charge in [-0.1, -0.05) is 18.2 Å². The molecular formula is C16H18F3NO3. The predicted octanol–water partition coefficient (Wildman–Crippen LogP) is 3.17. The van der Waals surface area contributed by atoms with Gasteiger partial charge in [-0.15, -0.1) is 6.58 Å². The third-order valence-corrected chi connectivity index (χ3v) is 3.13. The smallest absolute Gasteiger partial charge is 0.416 e. The standard InChI is InChI=1S/C16H18F3NO3/c1-2-3-4-14(21)20-13(10-15(22)23)9-11-5-7-12(8-6-11)16(17,18)19/h2,5-8,13H,1,3-4,9-10H2,(H,20,21)(H,22,23)/t13-/m0/s1. The van der Waals surface area contributed by atoms with Gasteiger partial charge in [-0.25, -0.2) is 0 Å². The molecule has 1 aromatic carbocycles. The molecule has 0 aromatic heterocycles. The van der Waals surface area contributed by atoms with Gasteiger partial charge in [0.2, 0.25) is 5.91 Å². The zero-order valence-electron chi connectivity index (χ0n) is 12.4. The van der Waals surface area contributed by atoms with E-state index in [1.165, 1.54) is 12.1 Å². The van der Waals surface area contributed by atoms with Gasteiger partial charge >= 0.3 is 12.1 Å². The van der Waals surface area contributed by atoms with Crippen LogP contribution in [-0.2, 0) is 22.2 Å². The van der Waals surface area contributed by atoms with Crippen LogP contribution < -0.4 is 5.32 Å². The van der Waals surface area contributed by atoms with E-state index in [4.69, 9.17) is 5.11 Å². The molecule has 0 aliphatic rings. The van der Waals surface area contributed by atoms with Gasteiger partial charge in [0.05, 0.1) is 12.0 Å². The van der Waals surface area contributed by atoms with Crippen LogP contribution >= 0.6 is 0 Å². The fourth-order valence-electron chi connectivity index (χ4n) is 2.03. The van der Waals surface area contributed by atoms with E-state index < -0.39 is 23.8 Å². The second-order valence-electron chi connectivity index (χ2n) is 5.09. The summed E-state index contributed by atoms with van der Waals surface area (Å²) in [7, 11) is 0. The number of allylic oxidation sites excluding steroid dienone is 1. The average Bonchev–Trinajstić information content (AvgIpc) is 2.44. The molecule has 0 saturated heterocycles. The molecule has 1 amide bonds. The molecule has 7 heteroatoms. The molecule has 0 aliphatic carbocycles. The molecule has 0 radical (unpaired) electrons. The number of carbonyl (C=O) groups excluding carboxylic acids is 1. The van der Waals surface area contributed by atoms with Crippen molar-refractivity contribution in [1.82, 2.24) is 5.32 Å². The van der Waals surface area contributed by atoms with Crippen LogP contribution in [0.2, 0.25) is 0 Å². The van der Waals surface area contributed by atoms with Crippen molar-refractivity contribution in [3.63, 3.8) is 0 Å². The summed E-state index contributed by atoms with van der Waals surface area (Å²) in [6.45, 7) is 3.49. The number of benzene rings is 1. The SMILES string of the molecule is C=CCCC(=O)N[C@H](CC(=O)O)Cc1ccc(C(F)(F)F)cc1. The van der Waals surface area contributed by atoms with Crippen LogP contribution in [0.15, 0.2) is 36.9 Å². The first-order valence-electron chi connectivity index (χ1n) is 7.00. The van der Waals surface area contributed by atoms with Gasteiger partial charge in [0.1, 0.15) is 0 Å². The fourth-order valence-corrected chi connectivity index (χ4v) is 2.03. The van der Waals surface area contributed by atoms with Gasteiger partial charge in [0.15, 0.2) is 0 Å². The number of halogens is 3. The summed E-state index contributed by atoms with van der Waals surface area (Å²) in [5.41, 5.74) is -0.251. The molecule has 1 atom stereocenters. The topological polar surface area (TPSA) is 66.4 Å². The van der Waals surface area contributed by atoms with Crippen LogP contribution in [0, 0.1) is 0 Å². The van der Waals surface area contributed by atoms with Gasteiger partial charge in [0, 0.05) is 12.5 Å². The first kappa shape index (κ1) is 18.7. The van der Waals surface area contributed by atoms with E-state index in [0.717, 1.165) is 12.1 Å². The molecule has 2 N–H and O–H groups in total. The number of hydrogen-bond acceptors (Lipinski definition) is 2. The van der Waals surface area contributed by atoms with E-state index in [1.807, 2.05) is 0 Å². The third-order valence-electron chi connectivity index (χ3n) is 3.13. The normalized spacial score (nSPS) is 12.5. The Hall–Kier alpha value is -2.31. The summed E-state index contributed by atoms with van der Waals surface area (Å²) in [5, 5.41) is 11.5. The Bertz CT molecular complexity index is 553. The molecule has 23 heavy (non-hydrogen) atoms. The number of nitrogens with one attached hydrogen (secondary N) is 1. The number of amides is 1. The van der Waals surface area contributed by atoms with E-state index in [1.54, 1.807) is 6.08 Å². The minimum Gasteiger partial charge on any atom is -0.481 e. The van der Waals surface area contributed by atoms with E-state index >= 15 is 0 Å². The van der Waals surface area contributed by atoms with Crippen LogP contribution in [0.25, 0.3) is 0 Å². The lowest BCUT2D eigenvalue weighted by Crippen LogP contribution is -2.37. The maximum Gasteiger partial charge on any atom is 0.416 e. The lowest BCUT2D eigenvalue weighted by atomic mass is 10.0. The minimum atomic E-state index is -4.42. The number of hydrogen-bond donors (Lipinski definition) is 2. The van der Waals surface area contributed by atoms with Crippen LogP contribution in [-0.4, -0.2) is 23.0 Å². The molecular weight excluding hydrogens is 311 g/mol. The maximum absolute atomic E-state index is 12.5. The van der Waals surface area contributed by atoms with E-state index in [-0.39, 0.29) is 25.2 Å². The Morgan fingerprint density at radius 3 is 2.35 bits per heavy atom. The summed E-state index contributed by atoms with van der Waals surface area (Å²) in [6, 6.07) is 3.77. The largest absolute Gasteiger partial charge is 0.481 e. The Morgan fingerprint density at radius 1 is 1.26 bits per heavy atom. The van der Waals surface area contributed by atoms with Crippen molar-refractivity contribution < 1.29 is 27.9 Å². The number of aliphatic carboxylic acids is 1. The van der Waals surface area contributed by atoms with Crippen molar-refractivity contribution >= 4 is 11.9 Å². The second-order valence-corrected chi connectivity index (χ2v) is 5.09. The van der Waals surface area contributed by atoms with Crippen molar-refractivity contribution in [3.8, 4) is 0 Å². The Labute approximate surface area is 132 Å². The number of carbonyl (C=O) groups is 2. The first-order chi connectivity index (χ1) is 10.7. The van der Waals surface area contributed by atoms with Crippen LogP contribution in [0.3, 0.4) is 0 Å². The molecule has 0 heterocycles. The lowest BCUT2D eigenvalue weighted by Gasteiger charge is -2.17. The van der Waals surface area contributed by atoms with Gasteiger partial charge in [-0.3, -0.25) is 9.59 Å². The molecule has 1 aromatic rings. The Kier molecular flexibility index (Phi) is 6.81. The van der Waals surface area contributed by atoms with E-state index in [9.17, 15) is 22.8 Å². The van der Waals surface area contributed by atoms with Crippen molar-refractivity contribution in [3.05, 3.63) is 48.0 Å². The van der Waals surface area contributed by atoms with E-state index in [2.05, 4.69) is 11.9 Å². The highest BCUT2D eigenvalue weighted by molar-refractivity contribution is 5.77. The maximum atomic E-state index is 12.5. The Balaban J connectivity index is 2.74. The van der Waals surface area contributed by atoms with Gasteiger partial charge in [-0.05, 0) is 30.5 Å². The van der Waals surface area contributed by atoms with Crippen molar-refractivity contribution in [2.45, 2.75) is 37.9 Å². The van der Waals surface area contributed by atoms with E-state index in [0.29, 0.717) is 12.0 Å². The van der Waals surface area contributed by atoms with Crippen molar-refractivity contribution in [2.24, 2.45) is 0 Å². The molecule has 0 bridgehead atoms. The quantitative estimate of drug-likeness (QED) is 0.720. The van der Waals surface area contributed by atoms with Gasteiger partial charge < -0.3 is 10.4 Å².